The van der Waals surface area contributed by atoms with Gasteiger partial charge >= 0.3 is 6.18 Å². The van der Waals surface area contributed by atoms with Gasteiger partial charge in [-0.1, -0.05) is 35.9 Å². The van der Waals surface area contributed by atoms with Crippen LogP contribution in [0.15, 0.2) is 66.6 Å². The van der Waals surface area contributed by atoms with E-state index in [9.17, 15) is 18.0 Å². The number of nitrogens with zero attached hydrogens (tertiary/aromatic N) is 1. The first-order valence-corrected chi connectivity index (χ1v) is 9.08. The summed E-state index contributed by atoms with van der Waals surface area (Å²) in [5, 5.41) is 14.2. The smallest absolute Gasteiger partial charge is 0.375 e. The van der Waals surface area contributed by atoms with Gasteiger partial charge in [0, 0.05) is 30.3 Å². The number of carbonyl (C=O) groups excluding carboxylic acids is 1. The first kappa shape index (κ1) is 21.3. The van der Waals surface area contributed by atoms with Crippen LogP contribution in [0.4, 0.5) is 13.2 Å². The number of carbonyl (C=O) groups is 1. The third kappa shape index (κ3) is 4.60. The molecule has 0 aliphatic carbocycles. The van der Waals surface area contributed by atoms with Gasteiger partial charge in [0.05, 0.1) is 27.4 Å². The summed E-state index contributed by atoms with van der Waals surface area (Å²) in [5.74, 6) is -0.552. The zero-order chi connectivity index (χ0) is 21.9. The van der Waals surface area contributed by atoms with Crippen LogP contribution >= 0.6 is 11.6 Å². The second-order valence-electron chi connectivity index (χ2n) is 6.25. The number of halogens is 4. The highest BCUT2D eigenvalue weighted by Crippen LogP contribution is 2.32. The average molecular weight is 433 g/mol. The van der Waals surface area contributed by atoms with Crippen LogP contribution in [0.2, 0.25) is 5.02 Å². The van der Waals surface area contributed by atoms with Crippen molar-refractivity contribution in [2.75, 3.05) is 7.05 Å². The van der Waals surface area contributed by atoms with Gasteiger partial charge in [-0.2, -0.15) is 13.2 Å². The largest absolute Gasteiger partial charge is 0.417 e. The van der Waals surface area contributed by atoms with E-state index in [1.54, 1.807) is 24.4 Å². The van der Waals surface area contributed by atoms with Crippen molar-refractivity contribution in [3.05, 3.63) is 88.3 Å². The van der Waals surface area contributed by atoms with Crippen LogP contribution in [-0.2, 0) is 6.18 Å². The van der Waals surface area contributed by atoms with Gasteiger partial charge in [0.2, 0.25) is 0 Å². The Labute approximate surface area is 175 Å². The van der Waals surface area contributed by atoms with Crippen molar-refractivity contribution in [3.8, 4) is 0 Å². The Morgan fingerprint density at radius 3 is 2.57 bits per heavy atom. The number of aromatic nitrogens is 1. The van der Waals surface area contributed by atoms with E-state index in [0.717, 1.165) is 17.5 Å². The molecule has 0 bridgehead atoms. The quantitative estimate of drug-likeness (QED) is 0.508. The number of amides is 1. The summed E-state index contributed by atoms with van der Waals surface area (Å²) in [6.07, 6.45) is -1.92. The Balaban J connectivity index is 1.89. The van der Waals surface area contributed by atoms with Crippen LogP contribution in [-0.4, -0.2) is 23.7 Å². The summed E-state index contributed by atoms with van der Waals surface area (Å²) in [6, 6.07) is 11.4. The van der Waals surface area contributed by atoms with Crippen LogP contribution in [0, 0.1) is 5.41 Å². The SMILES string of the molecule is CN/C(=C\C(=N)c1ccccc1C(F)(F)F)NC(=O)c1cc2ncccc2cc1Cl. The van der Waals surface area contributed by atoms with Crippen LogP contribution in [0.5, 0.6) is 0 Å². The van der Waals surface area contributed by atoms with Gasteiger partial charge in [0.15, 0.2) is 0 Å². The molecule has 3 rings (SSSR count). The van der Waals surface area contributed by atoms with E-state index < -0.39 is 23.4 Å². The molecule has 0 spiro atoms. The molecular formula is C21H16ClF3N4O. The third-order valence-corrected chi connectivity index (χ3v) is 4.58. The lowest BCUT2D eigenvalue weighted by atomic mass is 10.0. The molecule has 1 amide bonds. The van der Waals surface area contributed by atoms with Gasteiger partial charge in [0.1, 0.15) is 5.82 Å². The zero-order valence-corrected chi connectivity index (χ0v) is 16.4. The molecule has 5 nitrogen and oxygen atoms in total. The van der Waals surface area contributed by atoms with E-state index in [0.29, 0.717) is 5.52 Å². The maximum Gasteiger partial charge on any atom is 0.417 e. The Morgan fingerprint density at radius 1 is 1.13 bits per heavy atom. The normalized spacial score (nSPS) is 12.0. The summed E-state index contributed by atoms with van der Waals surface area (Å²) >= 11 is 6.20. The Bertz CT molecular complexity index is 1160. The lowest BCUT2D eigenvalue weighted by molar-refractivity contribution is -0.137. The van der Waals surface area contributed by atoms with Crippen molar-refractivity contribution in [3.63, 3.8) is 0 Å². The molecule has 0 aliphatic heterocycles. The fourth-order valence-electron chi connectivity index (χ4n) is 2.81. The number of hydrogen-bond acceptors (Lipinski definition) is 4. The minimum Gasteiger partial charge on any atom is -0.375 e. The molecule has 0 atom stereocenters. The molecule has 0 fully saturated rings. The van der Waals surface area contributed by atoms with Crippen LogP contribution < -0.4 is 10.6 Å². The molecule has 2 aromatic carbocycles. The summed E-state index contributed by atoms with van der Waals surface area (Å²) < 4.78 is 39.6. The standard InChI is InChI=1S/C21H16ClF3N4O/c1-27-19(11-17(26)13-6-2-3-7-15(13)21(23,24)25)29-20(30)14-10-18-12(9-16(14)22)5-4-8-28-18/h2-11,26-27H,1H3,(H,29,30)/b19-11+,26-17?. The van der Waals surface area contributed by atoms with Crippen LogP contribution in [0.3, 0.4) is 0 Å². The van der Waals surface area contributed by atoms with E-state index in [1.165, 1.54) is 31.3 Å². The van der Waals surface area contributed by atoms with Crippen molar-refractivity contribution in [2.45, 2.75) is 6.18 Å². The van der Waals surface area contributed by atoms with Gasteiger partial charge in [-0.15, -0.1) is 0 Å². The van der Waals surface area contributed by atoms with Gasteiger partial charge in [-0.05, 0) is 24.3 Å². The highest BCUT2D eigenvalue weighted by Gasteiger charge is 2.33. The predicted molar refractivity (Wildman–Crippen MR) is 110 cm³/mol. The fraction of sp³-hybridized carbons (Fsp3) is 0.0952. The van der Waals surface area contributed by atoms with Gasteiger partial charge in [0.25, 0.3) is 5.91 Å². The maximum absolute atomic E-state index is 13.2. The molecule has 0 saturated heterocycles. The topological polar surface area (TPSA) is 77.9 Å². The van der Waals surface area contributed by atoms with Crippen molar-refractivity contribution >= 4 is 34.1 Å². The molecule has 30 heavy (non-hydrogen) atoms. The predicted octanol–water partition coefficient (Wildman–Crippen LogP) is 4.77. The number of allylic oxidation sites excluding steroid dienone is 1. The first-order valence-electron chi connectivity index (χ1n) is 8.71. The molecule has 3 aromatic rings. The first-order chi connectivity index (χ1) is 14.2. The number of alkyl halides is 3. The van der Waals surface area contributed by atoms with Crippen molar-refractivity contribution in [1.29, 1.82) is 5.41 Å². The highest BCUT2D eigenvalue weighted by atomic mass is 35.5. The molecule has 3 N–H and O–H groups in total. The molecule has 1 heterocycles. The fourth-order valence-corrected chi connectivity index (χ4v) is 3.07. The van der Waals surface area contributed by atoms with Crippen molar-refractivity contribution in [1.82, 2.24) is 15.6 Å². The minimum atomic E-state index is -4.61. The maximum atomic E-state index is 13.2. The Hall–Kier alpha value is -3.39. The van der Waals surface area contributed by atoms with Crippen LogP contribution in [0.25, 0.3) is 10.9 Å². The third-order valence-electron chi connectivity index (χ3n) is 4.27. The van der Waals surface area contributed by atoms with Gasteiger partial charge < -0.3 is 16.0 Å². The van der Waals surface area contributed by atoms with E-state index in [1.807, 2.05) is 0 Å². The molecule has 0 radical (unpaired) electrons. The number of benzene rings is 2. The lowest BCUT2D eigenvalue weighted by Crippen LogP contribution is -2.30. The van der Waals surface area contributed by atoms with Gasteiger partial charge in [-0.3, -0.25) is 9.78 Å². The van der Waals surface area contributed by atoms with E-state index in [-0.39, 0.29) is 22.0 Å². The Morgan fingerprint density at radius 2 is 1.87 bits per heavy atom. The van der Waals surface area contributed by atoms with Crippen molar-refractivity contribution < 1.29 is 18.0 Å². The number of nitrogens with one attached hydrogen (secondary N) is 3. The molecular weight excluding hydrogens is 417 g/mol. The molecule has 9 heteroatoms. The Kier molecular flexibility index (Phi) is 6.07. The van der Waals surface area contributed by atoms with Gasteiger partial charge in [-0.25, -0.2) is 0 Å². The highest BCUT2D eigenvalue weighted by molar-refractivity contribution is 6.34. The number of rotatable bonds is 5. The number of fused-ring (bicyclic) bond motifs is 1. The zero-order valence-electron chi connectivity index (χ0n) is 15.6. The summed E-state index contributed by atoms with van der Waals surface area (Å²) in [4.78, 5) is 16.8. The lowest BCUT2D eigenvalue weighted by Gasteiger charge is -2.14. The second kappa shape index (κ2) is 8.54. The van der Waals surface area contributed by atoms with Crippen LogP contribution in [0.1, 0.15) is 21.5 Å². The monoisotopic (exact) mass is 432 g/mol. The summed E-state index contributed by atoms with van der Waals surface area (Å²) in [5.41, 5.74) is -0.949. The van der Waals surface area contributed by atoms with E-state index in [4.69, 9.17) is 17.0 Å². The number of pyridine rings is 1. The minimum absolute atomic E-state index is 0.0409. The van der Waals surface area contributed by atoms with E-state index in [2.05, 4.69) is 15.6 Å². The molecule has 0 aliphatic rings. The second-order valence-corrected chi connectivity index (χ2v) is 6.65. The van der Waals surface area contributed by atoms with Crippen molar-refractivity contribution in [2.24, 2.45) is 0 Å². The van der Waals surface area contributed by atoms with E-state index >= 15 is 0 Å². The summed E-state index contributed by atoms with van der Waals surface area (Å²) in [6.45, 7) is 0. The molecule has 154 valence electrons. The average Bonchev–Trinajstić information content (AvgIpc) is 2.71. The molecule has 0 unspecified atom stereocenters. The molecule has 1 aromatic heterocycles. The summed E-state index contributed by atoms with van der Waals surface area (Å²) in [7, 11) is 1.47. The number of hydrogen-bond donors (Lipinski definition) is 3. The molecule has 0 saturated carbocycles.